The minimum Gasteiger partial charge on any atom is -0.457 e. The number of ether oxygens (including phenoxy) is 2. The van der Waals surface area contributed by atoms with E-state index in [1.165, 1.54) is 0 Å². The first-order valence-corrected chi connectivity index (χ1v) is 13.0. The van der Waals surface area contributed by atoms with Gasteiger partial charge in [0.2, 0.25) is 0 Å². The topological polar surface area (TPSA) is 122 Å². The SMILES string of the molecule is Cc1nc2cc([C@@H]3C[C@]4(O)O[C@]4(C)CCC[C@H](C)C[C@@H](C)C(=O)C(C)(C)[C@@H](O)CC(=O)O3)ccc2o1. The third kappa shape index (κ3) is 5.22. The van der Waals surface area contributed by atoms with E-state index < -0.39 is 35.0 Å². The van der Waals surface area contributed by atoms with E-state index in [0.717, 1.165) is 12.8 Å². The van der Waals surface area contributed by atoms with Crippen LogP contribution in [0.3, 0.4) is 0 Å². The number of hydrogen-bond acceptors (Lipinski definition) is 8. The Morgan fingerprint density at radius 1 is 1.14 bits per heavy atom. The normalized spacial score (nSPS) is 36.3. The predicted octanol–water partition coefficient (Wildman–Crippen LogP) is 4.78. The first kappa shape index (κ1) is 26.8. The summed E-state index contributed by atoms with van der Waals surface area (Å²) >= 11 is 0. The van der Waals surface area contributed by atoms with E-state index in [1.807, 2.05) is 13.8 Å². The van der Waals surface area contributed by atoms with Crippen LogP contribution in [0.1, 0.15) is 90.7 Å². The van der Waals surface area contributed by atoms with Crippen LogP contribution in [0, 0.1) is 24.2 Å². The smallest absolute Gasteiger partial charge is 0.309 e. The lowest BCUT2D eigenvalue weighted by atomic mass is 9.74. The molecule has 2 aromatic rings. The zero-order valence-electron chi connectivity index (χ0n) is 22.2. The molecule has 3 heterocycles. The fourth-order valence-electron chi connectivity index (χ4n) is 5.63. The first-order chi connectivity index (χ1) is 16.7. The van der Waals surface area contributed by atoms with Gasteiger partial charge in [0.25, 0.3) is 0 Å². The van der Waals surface area contributed by atoms with Crippen molar-refractivity contribution in [1.82, 2.24) is 4.98 Å². The van der Waals surface area contributed by atoms with Gasteiger partial charge in [-0.25, -0.2) is 4.98 Å². The van der Waals surface area contributed by atoms with Crippen LogP contribution in [0.5, 0.6) is 0 Å². The lowest BCUT2D eigenvalue weighted by molar-refractivity contribution is -0.158. The number of aliphatic hydroxyl groups excluding tert-OH is 1. The van der Waals surface area contributed by atoms with Crippen LogP contribution in [0.2, 0.25) is 0 Å². The first-order valence-electron chi connectivity index (χ1n) is 13.0. The summed E-state index contributed by atoms with van der Waals surface area (Å²) in [5.74, 6) is -1.57. The number of rotatable bonds is 1. The number of hydrogen-bond donors (Lipinski definition) is 2. The maximum absolute atomic E-state index is 13.2. The van der Waals surface area contributed by atoms with Gasteiger partial charge in [-0.1, -0.05) is 46.6 Å². The zero-order chi connectivity index (χ0) is 26.5. The second kappa shape index (κ2) is 9.54. The summed E-state index contributed by atoms with van der Waals surface area (Å²) < 4.78 is 17.2. The highest BCUT2D eigenvalue weighted by atomic mass is 16.8. The molecule has 8 heteroatoms. The molecule has 198 valence electrons. The number of carbonyl (C=O) groups is 2. The maximum atomic E-state index is 13.2. The Hall–Kier alpha value is -2.29. The van der Waals surface area contributed by atoms with Crippen molar-refractivity contribution in [3.8, 4) is 0 Å². The Morgan fingerprint density at radius 3 is 2.58 bits per heavy atom. The van der Waals surface area contributed by atoms with Gasteiger partial charge >= 0.3 is 5.97 Å². The highest BCUT2D eigenvalue weighted by Crippen LogP contribution is 2.54. The number of ketones is 1. The minimum absolute atomic E-state index is 0.0442. The third-order valence-electron chi connectivity index (χ3n) is 8.19. The largest absolute Gasteiger partial charge is 0.457 e. The molecule has 0 unspecified atom stereocenters. The molecule has 0 bridgehead atoms. The van der Waals surface area contributed by atoms with E-state index in [9.17, 15) is 19.8 Å². The second-order valence-electron chi connectivity index (χ2n) is 11.7. The summed E-state index contributed by atoms with van der Waals surface area (Å²) in [7, 11) is 0. The van der Waals surface area contributed by atoms with Crippen molar-refractivity contribution in [3.63, 3.8) is 0 Å². The van der Waals surface area contributed by atoms with Gasteiger partial charge in [-0.3, -0.25) is 9.59 Å². The number of aryl methyl sites for hydroxylation is 1. The van der Waals surface area contributed by atoms with Gasteiger partial charge < -0.3 is 24.1 Å². The van der Waals surface area contributed by atoms with Crippen molar-refractivity contribution in [2.45, 2.75) is 104 Å². The summed E-state index contributed by atoms with van der Waals surface area (Å²) in [5, 5.41) is 22.2. The van der Waals surface area contributed by atoms with Gasteiger partial charge in [-0.2, -0.15) is 0 Å². The molecular formula is C28H39NO7. The Bertz CT molecular complexity index is 1140. The average Bonchev–Trinajstić information content (AvgIpc) is 3.10. The number of Topliss-reactive ketones (excluding diaryl/α,β-unsaturated/α-hetero) is 1. The average molecular weight is 502 g/mol. The zero-order valence-corrected chi connectivity index (χ0v) is 22.2. The number of nitrogens with zero attached hydrogens (tertiary/aromatic N) is 1. The summed E-state index contributed by atoms with van der Waals surface area (Å²) in [6.07, 6.45) is 0.771. The number of epoxide rings is 1. The van der Waals surface area contributed by atoms with Crippen LogP contribution in [0.4, 0.5) is 0 Å². The number of benzene rings is 1. The third-order valence-corrected chi connectivity index (χ3v) is 8.19. The molecule has 1 aromatic carbocycles. The van der Waals surface area contributed by atoms with E-state index in [4.69, 9.17) is 13.9 Å². The minimum atomic E-state index is -1.44. The Kier molecular flexibility index (Phi) is 7.09. The van der Waals surface area contributed by atoms with Crippen LogP contribution >= 0.6 is 0 Å². The fourth-order valence-corrected chi connectivity index (χ4v) is 5.63. The summed E-state index contributed by atoms with van der Waals surface area (Å²) in [5.41, 5.74) is 0.0310. The van der Waals surface area contributed by atoms with Gasteiger partial charge in [0.1, 0.15) is 23.0 Å². The number of oxazole rings is 1. The van der Waals surface area contributed by atoms with E-state index in [1.54, 1.807) is 39.0 Å². The number of esters is 1. The second-order valence-corrected chi connectivity index (χ2v) is 11.7. The predicted molar refractivity (Wildman–Crippen MR) is 133 cm³/mol. The number of aliphatic hydroxyl groups is 2. The summed E-state index contributed by atoms with van der Waals surface area (Å²) in [6, 6.07) is 5.31. The molecular weight excluding hydrogens is 462 g/mol. The molecule has 0 radical (unpaired) electrons. The van der Waals surface area contributed by atoms with E-state index >= 15 is 0 Å². The number of fused-ring (bicyclic) bond motifs is 2. The molecule has 8 nitrogen and oxygen atoms in total. The van der Waals surface area contributed by atoms with E-state index in [-0.39, 0.29) is 24.5 Å². The quantitative estimate of drug-likeness (QED) is 0.423. The number of aromatic nitrogens is 1. The lowest BCUT2D eigenvalue weighted by Crippen LogP contribution is -2.42. The molecule has 0 aliphatic carbocycles. The standard InChI is InChI=1S/C28H39NO7/c1-16-8-7-11-27(6)28(33,36-27)15-22(19-9-10-21-20(13-19)29-18(3)34-21)35-24(31)14-23(30)26(4,5)25(32)17(2)12-16/h9-10,13,16-17,22-23,30,33H,7-8,11-12,14-15H2,1-6H3/t16-,17+,22-,23-,27+,28-/m0/s1. The van der Waals surface area contributed by atoms with Crippen LogP contribution in [0.25, 0.3) is 11.1 Å². The van der Waals surface area contributed by atoms with Gasteiger partial charge in [0.15, 0.2) is 17.3 Å². The molecule has 4 rings (SSSR count). The molecule has 2 aliphatic heterocycles. The number of carbonyl (C=O) groups excluding carboxylic acids is 2. The van der Waals surface area contributed by atoms with Crippen LogP contribution < -0.4 is 0 Å². The maximum Gasteiger partial charge on any atom is 0.309 e. The van der Waals surface area contributed by atoms with Crippen molar-refractivity contribution in [3.05, 3.63) is 29.7 Å². The monoisotopic (exact) mass is 501 g/mol. The van der Waals surface area contributed by atoms with Gasteiger partial charge in [0, 0.05) is 19.3 Å². The van der Waals surface area contributed by atoms with Crippen LogP contribution in [0.15, 0.2) is 22.6 Å². The fraction of sp³-hybridized carbons (Fsp3) is 0.679. The van der Waals surface area contributed by atoms with Gasteiger partial charge in [-0.05, 0) is 43.4 Å². The molecule has 2 fully saturated rings. The van der Waals surface area contributed by atoms with Crippen molar-refractivity contribution in [2.75, 3.05) is 0 Å². The van der Waals surface area contributed by atoms with Crippen molar-refractivity contribution in [2.24, 2.45) is 17.3 Å². The summed E-state index contributed by atoms with van der Waals surface area (Å²) in [6.45, 7) is 11.0. The highest BCUT2D eigenvalue weighted by Gasteiger charge is 2.66. The van der Waals surface area contributed by atoms with Crippen molar-refractivity contribution in [1.29, 1.82) is 0 Å². The number of cyclic esters (lactones) is 1. The van der Waals surface area contributed by atoms with E-state index in [2.05, 4.69) is 11.9 Å². The Labute approximate surface area is 212 Å². The van der Waals surface area contributed by atoms with Crippen LogP contribution in [-0.4, -0.2) is 44.4 Å². The van der Waals surface area contributed by atoms with Gasteiger partial charge in [-0.15, -0.1) is 0 Å². The molecule has 2 N–H and O–H groups in total. The highest BCUT2D eigenvalue weighted by molar-refractivity contribution is 5.87. The molecule has 2 aliphatic rings. The van der Waals surface area contributed by atoms with Crippen molar-refractivity contribution < 1.29 is 33.7 Å². The molecule has 2 saturated heterocycles. The summed E-state index contributed by atoms with van der Waals surface area (Å²) in [4.78, 5) is 30.6. The molecule has 1 aromatic heterocycles. The Morgan fingerprint density at radius 2 is 1.86 bits per heavy atom. The van der Waals surface area contributed by atoms with Crippen LogP contribution in [-0.2, 0) is 19.1 Å². The van der Waals surface area contributed by atoms with Crippen molar-refractivity contribution >= 4 is 22.9 Å². The lowest BCUT2D eigenvalue weighted by Gasteiger charge is -2.32. The van der Waals surface area contributed by atoms with Gasteiger partial charge in [0.05, 0.1) is 17.9 Å². The molecule has 0 saturated carbocycles. The molecule has 0 amide bonds. The Balaban J connectivity index is 1.64. The molecule has 6 atom stereocenters. The molecule has 0 spiro atoms. The van der Waals surface area contributed by atoms with E-state index in [0.29, 0.717) is 41.3 Å². The molecule has 36 heavy (non-hydrogen) atoms.